The molecule has 3 aromatic rings. The number of nitrogens with one attached hydrogen (secondary N) is 1. The van der Waals surface area contributed by atoms with Crippen LogP contribution in [0.3, 0.4) is 0 Å². The van der Waals surface area contributed by atoms with E-state index in [0.717, 1.165) is 29.2 Å². The molecule has 0 amide bonds. The Kier molecular flexibility index (Phi) is 5.55. The summed E-state index contributed by atoms with van der Waals surface area (Å²) in [5.74, 6) is 0.943. The van der Waals surface area contributed by atoms with Gasteiger partial charge in [-0.25, -0.2) is 4.98 Å². The van der Waals surface area contributed by atoms with Gasteiger partial charge in [0, 0.05) is 30.5 Å². The zero-order valence-corrected chi connectivity index (χ0v) is 16.2. The smallest absolute Gasteiger partial charge is 0.327 e. The fourth-order valence-electron chi connectivity index (χ4n) is 3.81. The van der Waals surface area contributed by atoms with Crippen LogP contribution in [0.4, 0.5) is 11.6 Å². The molecule has 1 aliphatic rings. The molecule has 1 aliphatic carbocycles. The van der Waals surface area contributed by atoms with Crippen LogP contribution in [0.2, 0.25) is 0 Å². The third kappa shape index (κ3) is 4.32. The lowest BCUT2D eigenvalue weighted by atomic mass is 9.89. The first kappa shape index (κ1) is 18.5. The minimum absolute atomic E-state index is 0.0830. The predicted molar refractivity (Wildman–Crippen MR) is 106 cm³/mol. The molecule has 0 spiro atoms. The summed E-state index contributed by atoms with van der Waals surface area (Å²) in [7, 11) is 0. The van der Waals surface area contributed by atoms with Crippen LogP contribution in [0.5, 0.6) is 0 Å². The Morgan fingerprint density at radius 1 is 1.29 bits per heavy atom. The number of carbonyl (C=O) groups excluding carboxylic acids is 1. The first-order valence-electron chi connectivity index (χ1n) is 9.98. The van der Waals surface area contributed by atoms with Gasteiger partial charge in [0.15, 0.2) is 0 Å². The number of carbonyl (C=O) groups is 1. The number of hydrogen-bond donors (Lipinski definition) is 1. The third-order valence-corrected chi connectivity index (χ3v) is 5.17. The highest BCUT2D eigenvalue weighted by molar-refractivity contribution is 5.76. The van der Waals surface area contributed by atoms with E-state index >= 15 is 0 Å². The van der Waals surface area contributed by atoms with E-state index in [1.807, 2.05) is 6.20 Å². The summed E-state index contributed by atoms with van der Waals surface area (Å²) >= 11 is 0. The summed E-state index contributed by atoms with van der Waals surface area (Å²) < 4.78 is 8.71. The molecule has 1 fully saturated rings. The van der Waals surface area contributed by atoms with Crippen molar-refractivity contribution >= 4 is 28.6 Å². The second-order valence-corrected chi connectivity index (χ2v) is 7.30. The van der Waals surface area contributed by atoms with E-state index < -0.39 is 0 Å². The van der Waals surface area contributed by atoms with Gasteiger partial charge in [-0.2, -0.15) is 10.1 Å². The van der Waals surface area contributed by atoms with Crippen LogP contribution in [0.25, 0.3) is 11.0 Å². The number of fused-ring (bicyclic) bond motifs is 1. The molecule has 8 heteroatoms. The first-order chi connectivity index (χ1) is 13.7. The minimum Gasteiger partial charge on any atom is -0.465 e. The van der Waals surface area contributed by atoms with Crippen molar-refractivity contribution in [1.29, 1.82) is 0 Å². The minimum atomic E-state index is -0.310. The Morgan fingerprint density at radius 2 is 2.14 bits per heavy atom. The number of anilines is 2. The van der Waals surface area contributed by atoms with Crippen LogP contribution < -0.4 is 5.32 Å². The van der Waals surface area contributed by atoms with Gasteiger partial charge in [-0.1, -0.05) is 19.3 Å². The average Bonchev–Trinajstić information content (AvgIpc) is 3.30. The standard InChI is InChI=1S/C20H26N6O2/c1-2-28-18(27)14-26-13-17(11-22-26)23-20-21-10-16-8-9-25(19(16)24-20)12-15-6-4-3-5-7-15/h8-11,13,15H,2-7,12,14H2,1H3,(H,21,23,24). The highest BCUT2D eigenvalue weighted by Crippen LogP contribution is 2.26. The molecule has 1 saturated carbocycles. The van der Waals surface area contributed by atoms with Crippen molar-refractivity contribution in [3.05, 3.63) is 30.9 Å². The Morgan fingerprint density at radius 3 is 2.96 bits per heavy atom. The highest BCUT2D eigenvalue weighted by Gasteiger charge is 2.16. The van der Waals surface area contributed by atoms with E-state index in [4.69, 9.17) is 9.72 Å². The molecule has 4 rings (SSSR count). The summed E-state index contributed by atoms with van der Waals surface area (Å²) in [6.45, 7) is 3.24. The normalized spacial score (nSPS) is 15.0. The summed E-state index contributed by atoms with van der Waals surface area (Å²) in [5, 5.41) is 8.39. The molecule has 3 aromatic heterocycles. The van der Waals surface area contributed by atoms with Gasteiger partial charge in [-0.3, -0.25) is 9.48 Å². The van der Waals surface area contributed by atoms with Crippen molar-refractivity contribution in [3.8, 4) is 0 Å². The zero-order chi connectivity index (χ0) is 19.3. The topological polar surface area (TPSA) is 86.9 Å². The SMILES string of the molecule is CCOC(=O)Cn1cc(Nc2ncc3ccn(CC4CCCCC4)c3n2)cn1. The summed E-state index contributed by atoms with van der Waals surface area (Å²) in [5.41, 5.74) is 1.68. The molecule has 0 aliphatic heterocycles. The van der Waals surface area contributed by atoms with Crippen LogP contribution in [-0.2, 0) is 22.6 Å². The van der Waals surface area contributed by atoms with Crippen molar-refractivity contribution < 1.29 is 9.53 Å². The maximum absolute atomic E-state index is 11.6. The Labute approximate surface area is 163 Å². The molecule has 0 radical (unpaired) electrons. The lowest BCUT2D eigenvalue weighted by Crippen LogP contribution is -2.14. The van der Waals surface area contributed by atoms with Gasteiger partial charge in [-0.05, 0) is 31.7 Å². The number of hydrogen-bond acceptors (Lipinski definition) is 6. The van der Waals surface area contributed by atoms with Gasteiger partial charge < -0.3 is 14.6 Å². The van der Waals surface area contributed by atoms with Crippen LogP contribution in [0.15, 0.2) is 30.9 Å². The lowest BCUT2D eigenvalue weighted by Gasteiger charge is -2.22. The maximum atomic E-state index is 11.6. The molecule has 0 aromatic carbocycles. The summed E-state index contributed by atoms with van der Waals surface area (Å²) in [4.78, 5) is 20.7. The van der Waals surface area contributed by atoms with Crippen LogP contribution in [-0.4, -0.2) is 36.9 Å². The van der Waals surface area contributed by atoms with Crippen molar-refractivity contribution in [3.63, 3.8) is 0 Å². The Hall–Kier alpha value is -2.90. The van der Waals surface area contributed by atoms with E-state index in [1.165, 1.54) is 36.8 Å². The second kappa shape index (κ2) is 8.41. The van der Waals surface area contributed by atoms with Crippen LogP contribution in [0.1, 0.15) is 39.0 Å². The fourth-order valence-corrected chi connectivity index (χ4v) is 3.81. The Balaban J connectivity index is 1.46. The van der Waals surface area contributed by atoms with E-state index in [-0.39, 0.29) is 12.5 Å². The van der Waals surface area contributed by atoms with E-state index in [2.05, 4.69) is 32.2 Å². The zero-order valence-electron chi connectivity index (χ0n) is 16.2. The van der Waals surface area contributed by atoms with Gasteiger partial charge in [0.1, 0.15) is 12.2 Å². The largest absolute Gasteiger partial charge is 0.465 e. The fraction of sp³-hybridized carbons (Fsp3) is 0.500. The summed E-state index contributed by atoms with van der Waals surface area (Å²) in [6.07, 6.45) is 14.0. The van der Waals surface area contributed by atoms with Gasteiger partial charge in [0.05, 0.1) is 18.5 Å². The molecule has 0 atom stereocenters. The molecular weight excluding hydrogens is 356 g/mol. The molecule has 28 heavy (non-hydrogen) atoms. The molecule has 148 valence electrons. The second-order valence-electron chi connectivity index (χ2n) is 7.30. The number of nitrogens with zero attached hydrogens (tertiary/aromatic N) is 5. The number of esters is 1. The molecule has 0 unspecified atom stereocenters. The molecule has 0 saturated heterocycles. The quantitative estimate of drug-likeness (QED) is 0.629. The Bertz CT molecular complexity index is 941. The first-order valence-corrected chi connectivity index (χ1v) is 9.98. The van der Waals surface area contributed by atoms with Crippen molar-refractivity contribution in [2.75, 3.05) is 11.9 Å². The average molecular weight is 382 g/mol. The molecule has 3 heterocycles. The number of rotatable bonds is 7. The van der Waals surface area contributed by atoms with Crippen molar-refractivity contribution in [2.24, 2.45) is 5.92 Å². The molecular formula is C20H26N6O2. The maximum Gasteiger partial charge on any atom is 0.327 e. The van der Waals surface area contributed by atoms with E-state index in [0.29, 0.717) is 12.6 Å². The van der Waals surface area contributed by atoms with E-state index in [9.17, 15) is 4.79 Å². The molecule has 1 N–H and O–H groups in total. The monoisotopic (exact) mass is 382 g/mol. The van der Waals surface area contributed by atoms with Gasteiger partial charge in [0.25, 0.3) is 0 Å². The van der Waals surface area contributed by atoms with Crippen molar-refractivity contribution in [2.45, 2.75) is 52.1 Å². The highest BCUT2D eigenvalue weighted by atomic mass is 16.5. The number of ether oxygens (including phenoxy) is 1. The lowest BCUT2D eigenvalue weighted by molar-refractivity contribution is -0.144. The van der Waals surface area contributed by atoms with Crippen LogP contribution in [0, 0.1) is 5.92 Å². The van der Waals surface area contributed by atoms with Crippen molar-refractivity contribution in [1.82, 2.24) is 24.3 Å². The number of aromatic nitrogens is 5. The third-order valence-electron chi connectivity index (χ3n) is 5.17. The molecule has 8 nitrogen and oxygen atoms in total. The van der Waals surface area contributed by atoms with Gasteiger partial charge in [-0.15, -0.1) is 0 Å². The van der Waals surface area contributed by atoms with Gasteiger partial charge in [0.2, 0.25) is 5.95 Å². The predicted octanol–water partition coefficient (Wildman–Crippen LogP) is 3.51. The summed E-state index contributed by atoms with van der Waals surface area (Å²) in [6, 6.07) is 2.07. The molecule has 0 bridgehead atoms. The van der Waals surface area contributed by atoms with Gasteiger partial charge >= 0.3 is 5.97 Å². The van der Waals surface area contributed by atoms with Crippen LogP contribution >= 0.6 is 0 Å². The van der Waals surface area contributed by atoms with E-state index in [1.54, 1.807) is 19.3 Å².